The minimum Gasteiger partial charge on any atom is -0.291 e. The number of halogens is 1. The molecule has 4 nitrogen and oxygen atoms in total. The van der Waals surface area contributed by atoms with Crippen molar-refractivity contribution in [1.29, 1.82) is 0 Å². The number of pyridine rings is 1. The highest BCUT2D eigenvalue weighted by atomic mass is 35.5. The molecule has 0 aliphatic rings. The molecule has 1 aromatic carbocycles. The maximum Gasteiger partial charge on any atom is 0.342 e. The van der Waals surface area contributed by atoms with Crippen LogP contribution >= 0.6 is 11.8 Å². The van der Waals surface area contributed by atoms with Crippen molar-refractivity contribution in [2.45, 2.75) is 6.92 Å². The third-order valence-electron chi connectivity index (χ3n) is 2.31. The highest BCUT2D eigenvalue weighted by Gasteiger charge is 2.13. The maximum absolute atomic E-state index is 11.9. The molecular weight excluding hydrogens is 250 g/mol. The van der Waals surface area contributed by atoms with Crippen molar-refractivity contribution in [3.63, 3.8) is 0 Å². The summed E-state index contributed by atoms with van der Waals surface area (Å²) in [7, 11) is 0. The van der Waals surface area contributed by atoms with Crippen LogP contribution < -0.4 is 9.74 Å². The number of nitrogens with one attached hydrogen (secondary N) is 1. The average molecular weight is 262 g/mol. The number of para-hydroxylation sites is 1. The van der Waals surface area contributed by atoms with Gasteiger partial charge < -0.3 is 0 Å². The molecule has 1 aromatic heterocycles. The molecule has 0 radical (unpaired) electrons. The third-order valence-corrected chi connectivity index (χ3v) is 2.66. The first-order valence-electron chi connectivity index (χ1n) is 5.41. The molecule has 1 N–H and O–H groups in total. The predicted octanol–water partition coefficient (Wildman–Crippen LogP) is 3.58. The van der Waals surface area contributed by atoms with E-state index in [-0.39, 0.29) is 0 Å². The zero-order valence-electron chi connectivity index (χ0n) is 9.80. The van der Waals surface area contributed by atoms with Gasteiger partial charge in [0.2, 0.25) is 0 Å². The fourth-order valence-electron chi connectivity index (χ4n) is 1.44. The zero-order chi connectivity index (χ0) is 13.0. The lowest BCUT2D eigenvalue weighted by molar-refractivity contribution is 0.260. The number of urea groups is 1. The summed E-state index contributed by atoms with van der Waals surface area (Å²) in [4.78, 5) is 15.9. The van der Waals surface area contributed by atoms with E-state index in [4.69, 9.17) is 11.8 Å². The molecule has 18 heavy (non-hydrogen) atoms. The Morgan fingerprint density at radius 3 is 2.67 bits per heavy atom. The molecule has 5 heteroatoms. The molecule has 1 heterocycles. The lowest BCUT2D eigenvalue weighted by Gasteiger charge is -2.14. The van der Waals surface area contributed by atoms with Gasteiger partial charge in [-0.3, -0.25) is 5.32 Å². The summed E-state index contributed by atoms with van der Waals surface area (Å²) in [5.41, 5.74) is 1.62. The number of carbonyl (C=O) groups is 1. The van der Waals surface area contributed by atoms with Gasteiger partial charge in [-0.2, -0.15) is 0 Å². The number of aromatic nitrogens is 1. The minimum absolute atomic E-state index is 0.444. The molecule has 0 spiro atoms. The molecule has 2 aromatic rings. The molecule has 2 rings (SSSR count). The number of aryl methyl sites for hydroxylation is 1. The van der Waals surface area contributed by atoms with Crippen LogP contribution in [0.2, 0.25) is 0 Å². The average Bonchev–Trinajstić information content (AvgIpc) is 2.39. The molecule has 2 amide bonds. The van der Waals surface area contributed by atoms with Crippen LogP contribution in [0.25, 0.3) is 0 Å². The van der Waals surface area contributed by atoms with Crippen LogP contribution in [0.15, 0.2) is 48.7 Å². The molecule has 0 bridgehead atoms. The van der Waals surface area contributed by atoms with Gasteiger partial charge in [-0.1, -0.05) is 18.2 Å². The second-order valence-electron chi connectivity index (χ2n) is 3.76. The first kappa shape index (κ1) is 12.4. The highest BCUT2D eigenvalue weighted by molar-refractivity contribution is 6.37. The Labute approximate surface area is 110 Å². The largest absolute Gasteiger partial charge is 0.342 e. The molecular formula is C13H12ClN3O. The van der Waals surface area contributed by atoms with Crippen molar-refractivity contribution in [1.82, 2.24) is 4.98 Å². The maximum atomic E-state index is 11.9. The lowest BCUT2D eigenvalue weighted by Crippen LogP contribution is -2.26. The topological polar surface area (TPSA) is 45.2 Å². The summed E-state index contributed by atoms with van der Waals surface area (Å²) in [6.45, 7) is 1.92. The van der Waals surface area contributed by atoms with Gasteiger partial charge in [0.05, 0.1) is 5.69 Å². The van der Waals surface area contributed by atoms with Crippen molar-refractivity contribution in [2.24, 2.45) is 0 Å². The molecule has 92 valence electrons. The van der Waals surface area contributed by atoms with Gasteiger partial charge in [0, 0.05) is 18.0 Å². The SMILES string of the molecule is Cc1ccnc(NC(=O)N(Cl)c2ccccc2)c1. The van der Waals surface area contributed by atoms with Gasteiger partial charge in [0.25, 0.3) is 0 Å². The van der Waals surface area contributed by atoms with Gasteiger partial charge >= 0.3 is 6.03 Å². The predicted molar refractivity (Wildman–Crippen MR) is 72.8 cm³/mol. The number of hydrogen-bond acceptors (Lipinski definition) is 2. The van der Waals surface area contributed by atoms with Gasteiger partial charge in [-0.25, -0.2) is 14.2 Å². The number of anilines is 2. The number of hydrogen-bond donors (Lipinski definition) is 1. The van der Waals surface area contributed by atoms with Crippen LogP contribution in [0.5, 0.6) is 0 Å². The molecule has 0 aliphatic carbocycles. The van der Waals surface area contributed by atoms with Crippen LogP contribution in [0.4, 0.5) is 16.3 Å². The normalized spacial score (nSPS) is 9.89. The Morgan fingerprint density at radius 2 is 2.00 bits per heavy atom. The van der Waals surface area contributed by atoms with E-state index in [1.165, 1.54) is 0 Å². The second kappa shape index (κ2) is 5.51. The van der Waals surface area contributed by atoms with Crippen molar-refractivity contribution in [2.75, 3.05) is 9.74 Å². The van der Waals surface area contributed by atoms with E-state index in [9.17, 15) is 4.79 Å². The molecule has 0 aliphatic heterocycles. The van der Waals surface area contributed by atoms with Crippen molar-refractivity contribution in [3.8, 4) is 0 Å². The van der Waals surface area contributed by atoms with Crippen molar-refractivity contribution < 1.29 is 4.79 Å². The summed E-state index contributed by atoms with van der Waals surface area (Å²) in [5, 5.41) is 2.62. The van der Waals surface area contributed by atoms with E-state index in [1.54, 1.807) is 24.4 Å². The van der Waals surface area contributed by atoms with Crippen molar-refractivity contribution in [3.05, 3.63) is 54.2 Å². The summed E-state index contributed by atoms with van der Waals surface area (Å²) in [6, 6.07) is 12.1. The first-order valence-corrected chi connectivity index (χ1v) is 5.75. The van der Waals surface area contributed by atoms with Gasteiger partial charge in [-0.15, -0.1) is 0 Å². The molecule has 0 atom stereocenters. The Hall–Kier alpha value is -2.07. The Morgan fingerprint density at radius 1 is 1.28 bits per heavy atom. The highest BCUT2D eigenvalue weighted by Crippen LogP contribution is 2.17. The van der Waals surface area contributed by atoms with Gasteiger partial charge in [0.1, 0.15) is 5.82 Å². The van der Waals surface area contributed by atoms with Gasteiger partial charge in [-0.05, 0) is 36.8 Å². The molecule has 0 unspecified atom stereocenters. The van der Waals surface area contributed by atoms with Crippen LogP contribution in [-0.2, 0) is 0 Å². The number of rotatable bonds is 2. The second-order valence-corrected chi connectivity index (χ2v) is 4.10. The zero-order valence-corrected chi connectivity index (χ0v) is 10.6. The van der Waals surface area contributed by atoms with Crippen LogP contribution in [0, 0.1) is 6.92 Å². The quantitative estimate of drug-likeness (QED) is 0.840. The van der Waals surface area contributed by atoms with E-state index in [0.29, 0.717) is 11.5 Å². The number of amides is 2. The Balaban J connectivity index is 2.09. The number of nitrogens with zero attached hydrogens (tertiary/aromatic N) is 2. The molecule has 0 saturated carbocycles. The summed E-state index contributed by atoms with van der Waals surface area (Å²) in [5.74, 6) is 0.474. The van der Waals surface area contributed by atoms with Crippen LogP contribution in [-0.4, -0.2) is 11.0 Å². The first-order chi connectivity index (χ1) is 8.66. The van der Waals surface area contributed by atoms with E-state index in [0.717, 1.165) is 9.98 Å². The lowest BCUT2D eigenvalue weighted by atomic mass is 10.3. The summed E-state index contributed by atoms with van der Waals surface area (Å²) < 4.78 is 1.02. The molecule has 0 saturated heterocycles. The van der Waals surface area contributed by atoms with E-state index < -0.39 is 6.03 Å². The monoisotopic (exact) mass is 261 g/mol. The van der Waals surface area contributed by atoms with E-state index in [2.05, 4.69) is 10.3 Å². The van der Waals surface area contributed by atoms with E-state index >= 15 is 0 Å². The van der Waals surface area contributed by atoms with Crippen LogP contribution in [0.1, 0.15) is 5.56 Å². The number of carbonyl (C=O) groups excluding carboxylic acids is 1. The summed E-state index contributed by atoms with van der Waals surface area (Å²) in [6.07, 6.45) is 1.63. The van der Waals surface area contributed by atoms with E-state index in [1.807, 2.05) is 31.2 Å². The third kappa shape index (κ3) is 2.99. The van der Waals surface area contributed by atoms with Crippen molar-refractivity contribution >= 4 is 29.3 Å². The smallest absolute Gasteiger partial charge is 0.291 e. The van der Waals surface area contributed by atoms with Gasteiger partial charge in [0.15, 0.2) is 0 Å². The number of benzene rings is 1. The Kier molecular flexibility index (Phi) is 3.79. The fourth-order valence-corrected chi connectivity index (χ4v) is 1.59. The standard InChI is InChI=1S/C13H12ClN3O/c1-10-7-8-15-12(9-10)16-13(18)17(14)11-5-3-2-4-6-11/h2-9H,1H3,(H,15,16,18). The summed E-state index contributed by atoms with van der Waals surface area (Å²) >= 11 is 5.94. The van der Waals surface area contributed by atoms with Crippen LogP contribution in [0.3, 0.4) is 0 Å². The molecule has 0 fully saturated rings. The minimum atomic E-state index is -0.444. The fraction of sp³-hybridized carbons (Fsp3) is 0.0769. The Bertz CT molecular complexity index is 545.